The van der Waals surface area contributed by atoms with E-state index in [2.05, 4.69) is 5.16 Å². The summed E-state index contributed by atoms with van der Waals surface area (Å²) in [6, 6.07) is 7.90. The van der Waals surface area contributed by atoms with Crippen LogP contribution in [0.3, 0.4) is 0 Å². The first-order chi connectivity index (χ1) is 11.7. The van der Waals surface area contributed by atoms with E-state index in [1.807, 2.05) is 29.2 Å². The molecule has 6 nitrogen and oxygen atoms in total. The number of ether oxygens (including phenoxy) is 2. The Morgan fingerprint density at radius 1 is 1.42 bits per heavy atom. The molecule has 1 aromatic carbocycles. The number of hydrogen-bond acceptors (Lipinski definition) is 5. The average molecular weight is 330 g/mol. The minimum atomic E-state index is -0.107. The molecular weight excluding hydrogens is 308 g/mol. The van der Waals surface area contributed by atoms with Gasteiger partial charge in [-0.05, 0) is 37.5 Å². The van der Waals surface area contributed by atoms with E-state index in [-0.39, 0.29) is 11.9 Å². The van der Waals surface area contributed by atoms with Gasteiger partial charge in [-0.3, -0.25) is 4.79 Å². The Balaban J connectivity index is 1.89. The van der Waals surface area contributed by atoms with Crippen LogP contribution in [-0.2, 0) is 11.3 Å². The van der Waals surface area contributed by atoms with E-state index in [9.17, 15) is 4.79 Å². The van der Waals surface area contributed by atoms with Crippen LogP contribution < -0.4 is 4.74 Å². The third kappa shape index (κ3) is 3.01. The molecule has 2 aromatic rings. The Hall–Kier alpha value is -2.34. The van der Waals surface area contributed by atoms with Crippen LogP contribution in [0, 0.1) is 6.92 Å². The molecule has 0 aliphatic carbocycles. The monoisotopic (exact) mass is 330 g/mol. The van der Waals surface area contributed by atoms with Crippen LogP contribution >= 0.6 is 0 Å². The zero-order valence-electron chi connectivity index (χ0n) is 14.2. The first-order valence-electron chi connectivity index (χ1n) is 8.04. The van der Waals surface area contributed by atoms with E-state index in [4.69, 9.17) is 14.0 Å². The van der Waals surface area contributed by atoms with Gasteiger partial charge in [-0.1, -0.05) is 17.3 Å². The number of likely N-dealkylation sites (tertiary alicyclic amines) is 1. The molecule has 128 valence electrons. The predicted molar refractivity (Wildman–Crippen MR) is 88.0 cm³/mol. The fourth-order valence-corrected chi connectivity index (χ4v) is 3.21. The van der Waals surface area contributed by atoms with Gasteiger partial charge in [0, 0.05) is 13.7 Å². The minimum absolute atomic E-state index is 0.0278. The Bertz CT molecular complexity index is 726. The molecule has 1 atom stereocenters. The third-order valence-electron chi connectivity index (χ3n) is 4.47. The van der Waals surface area contributed by atoms with Crippen molar-refractivity contribution in [3.63, 3.8) is 0 Å². The highest BCUT2D eigenvalue weighted by atomic mass is 16.5. The van der Waals surface area contributed by atoms with Crippen molar-refractivity contribution >= 4 is 5.91 Å². The van der Waals surface area contributed by atoms with Crippen LogP contribution in [0.5, 0.6) is 5.75 Å². The summed E-state index contributed by atoms with van der Waals surface area (Å²) in [5, 5.41) is 3.97. The molecule has 1 aliphatic rings. The molecule has 6 heteroatoms. The first kappa shape index (κ1) is 16.5. The fraction of sp³-hybridized carbons (Fsp3) is 0.444. The largest absolute Gasteiger partial charge is 0.497 e. The number of carbonyl (C=O) groups is 1. The number of hydrogen-bond donors (Lipinski definition) is 0. The summed E-state index contributed by atoms with van der Waals surface area (Å²) >= 11 is 0. The number of benzene rings is 1. The highest BCUT2D eigenvalue weighted by Gasteiger charge is 2.34. The summed E-state index contributed by atoms with van der Waals surface area (Å²) in [6.45, 7) is 2.81. The molecule has 0 spiro atoms. The number of rotatable bonds is 5. The van der Waals surface area contributed by atoms with Crippen molar-refractivity contribution in [1.29, 1.82) is 0 Å². The summed E-state index contributed by atoms with van der Waals surface area (Å²) in [4.78, 5) is 14.9. The Morgan fingerprint density at radius 3 is 3.00 bits per heavy atom. The van der Waals surface area contributed by atoms with Gasteiger partial charge in [0.1, 0.15) is 11.5 Å². The molecule has 2 heterocycles. The Labute approximate surface area is 141 Å². The van der Waals surface area contributed by atoms with Crippen LogP contribution in [-0.4, -0.2) is 36.7 Å². The minimum Gasteiger partial charge on any atom is -0.497 e. The fourth-order valence-electron chi connectivity index (χ4n) is 3.21. The summed E-state index contributed by atoms with van der Waals surface area (Å²) in [5.74, 6) is 1.31. The molecule has 0 radical (unpaired) electrons. The molecule has 1 saturated heterocycles. The van der Waals surface area contributed by atoms with Gasteiger partial charge in [0.25, 0.3) is 5.91 Å². The lowest BCUT2D eigenvalue weighted by Gasteiger charge is -2.25. The molecule has 1 aromatic heterocycles. The SMILES string of the molecule is COCc1c(C(=O)N2CCC[C@@H]2c2cccc(OC)c2)noc1C. The topological polar surface area (TPSA) is 64.8 Å². The molecule has 24 heavy (non-hydrogen) atoms. The maximum atomic E-state index is 13.0. The highest BCUT2D eigenvalue weighted by Crippen LogP contribution is 2.35. The molecule has 0 N–H and O–H groups in total. The van der Waals surface area contributed by atoms with Crippen molar-refractivity contribution < 1.29 is 18.8 Å². The predicted octanol–water partition coefficient (Wildman–Crippen LogP) is 3.12. The van der Waals surface area contributed by atoms with Crippen molar-refractivity contribution in [3.8, 4) is 5.75 Å². The van der Waals surface area contributed by atoms with E-state index in [1.54, 1.807) is 21.1 Å². The third-order valence-corrected chi connectivity index (χ3v) is 4.47. The van der Waals surface area contributed by atoms with Crippen LogP contribution in [0.15, 0.2) is 28.8 Å². The number of aromatic nitrogens is 1. The molecular formula is C18H22N2O4. The van der Waals surface area contributed by atoms with E-state index >= 15 is 0 Å². The second-order valence-corrected chi connectivity index (χ2v) is 5.93. The lowest BCUT2D eigenvalue weighted by Crippen LogP contribution is -2.31. The zero-order valence-corrected chi connectivity index (χ0v) is 14.2. The van der Waals surface area contributed by atoms with Gasteiger partial charge in [0.2, 0.25) is 0 Å². The van der Waals surface area contributed by atoms with Gasteiger partial charge in [-0.15, -0.1) is 0 Å². The zero-order chi connectivity index (χ0) is 17.1. The first-order valence-corrected chi connectivity index (χ1v) is 8.04. The highest BCUT2D eigenvalue weighted by molar-refractivity contribution is 5.94. The van der Waals surface area contributed by atoms with Crippen molar-refractivity contribution in [1.82, 2.24) is 10.1 Å². The van der Waals surface area contributed by atoms with Crippen molar-refractivity contribution in [2.75, 3.05) is 20.8 Å². The summed E-state index contributed by atoms with van der Waals surface area (Å²) in [5.41, 5.74) is 2.15. The van der Waals surface area contributed by atoms with Gasteiger partial charge in [0.15, 0.2) is 5.69 Å². The van der Waals surface area contributed by atoms with Crippen LogP contribution in [0.4, 0.5) is 0 Å². The quantitative estimate of drug-likeness (QED) is 0.843. The maximum absolute atomic E-state index is 13.0. The molecule has 1 amide bonds. The number of carbonyl (C=O) groups excluding carboxylic acids is 1. The number of aryl methyl sites for hydroxylation is 1. The average Bonchev–Trinajstić information content (AvgIpc) is 3.23. The Morgan fingerprint density at radius 2 is 2.25 bits per heavy atom. The number of amides is 1. The molecule has 0 saturated carbocycles. The molecule has 0 unspecified atom stereocenters. The van der Waals surface area contributed by atoms with Crippen LogP contribution in [0.25, 0.3) is 0 Å². The van der Waals surface area contributed by atoms with Gasteiger partial charge in [-0.2, -0.15) is 0 Å². The van der Waals surface area contributed by atoms with Crippen LogP contribution in [0.2, 0.25) is 0 Å². The van der Waals surface area contributed by atoms with E-state index < -0.39 is 0 Å². The second-order valence-electron chi connectivity index (χ2n) is 5.93. The summed E-state index contributed by atoms with van der Waals surface area (Å²) < 4.78 is 15.7. The number of nitrogens with zero attached hydrogens (tertiary/aromatic N) is 2. The van der Waals surface area contributed by atoms with Gasteiger partial charge in [-0.25, -0.2) is 0 Å². The van der Waals surface area contributed by atoms with Gasteiger partial charge in [0.05, 0.1) is 25.3 Å². The van der Waals surface area contributed by atoms with E-state index in [0.717, 1.165) is 29.7 Å². The van der Waals surface area contributed by atoms with Crippen molar-refractivity contribution in [2.45, 2.75) is 32.4 Å². The summed E-state index contributed by atoms with van der Waals surface area (Å²) in [7, 11) is 3.24. The Kier molecular flexibility index (Phi) is 4.85. The number of methoxy groups -OCH3 is 2. The maximum Gasteiger partial charge on any atom is 0.276 e. The van der Waals surface area contributed by atoms with E-state index in [0.29, 0.717) is 24.6 Å². The van der Waals surface area contributed by atoms with Crippen molar-refractivity contribution in [3.05, 3.63) is 46.8 Å². The normalized spacial score (nSPS) is 17.3. The molecule has 0 bridgehead atoms. The molecule has 3 rings (SSSR count). The molecule has 1 fully saturated rings. The van der Waals surface area contributed by atoms with Crippen LogP contribution in [0.1, 0.15) is 46.3 Å². The smallest absolute Gasteiger partial charge is 0.276 e. The summed E-state index contributed by atoms with van der Waals surface area (Å²) in [6.07, 6.45) is 1.89. The van der Waals surface area contributed by atoms with Gasteiger partial charge < -0.3 is 18.9 Å². The molecule has 1 aliphatic heterocycles. The van der Waals surface area contributed by atoms with Crippen molar-refractivity contribution in [2.24, 2.45) is 0 Å². The second kappa shape index (κ2) is 7.05. The lowest BCUT2D eigenvalue weighted by molar-refractivity contribution is 0.0720. The lowest BCUT2D eigenvalue weighted by atomic mass is 10.0. The van der Waals surface area contributed by atoms with Gasteiger partial charge >= 0.3 is 0 Å². The van der Waals surface area contributed by atoms with E-state index in [1.165, 1.54) is 0 Å². The standard InChI is InChI=1S/C18H22N2O4/c1-12-15(11-22-2)17(19-24-12)18(21)20-9-5-8-16(20)13-6-4-7-14(10-13)23-3/h4,6-7,10,16H,5,8-9,11H2,1-3H3/t16-/m1/s1.